The van der Waals surface area contributed by atoms with Gasteiger partial charge in [0.2, 0.25) is 5.12 Å². The van der Waals surface area contributed by atoms with Gasteiger partial charge >= 0.3 is 0 Å². The average Bonchev–Trinajstić information content (AvgIpc) is 2.68. The lowest BCUT2D eigenvalue weighted by atomic mass is 10.1. The Labute approximate surface area is 172 Å². The fourth-order valence-corrected chi connectivity index (χ4v) is 2.80. The number of pyridine rings is 1. The van der Waals surface area contributed by atoms with E-state index in [1.54, 1.807) is 24.3 Å². The van der Waals surface area contributed by atoms with Crippen molar-refractivity contribution >= 4 is 34.6 Å². The molecule has 2 N–H and O–H groups in total. The first kappa shape index (κ1) is 20.5. The Bertz CT molecular complexity index is 1140. The van der Waals surface area contributed by atoms with Crippen LogP contribution in [-0.4, -0.2) is 26.4 Å². The fraction of sp³-hybridized carbons (Fsp3) is 0.190. The van der Waals surface area contributed by atoms with Gasteiger partial charge in [-0.3, -0.25) is 14.4 Å². The molecule has 0 unspecified atom stereocenters. The SMILES string of the molecule is CC(C)(NC(=O)c1c(O)c2ccccc2n(OCc2ccccc2)c1=O)C(=O)S. The van der Waals surface area contributed by atoms with Crippen molar-refractivity contribution < 1.29 is 19.5 Å². The van der Waals surface area contributed by atoms with Gasteiger partial charge in [-0.1, -0.05) is 42.5 Å². The minimum absolute atomic E-state index is 0.0805. The molecule has 0 spiro atoms. The Morgan fingerprint density at radius 3 is 2.38 bits per heavy atom. The molecule has 1 aromatic heterocycles. The molecule has 3 aromatic rings. The van der Waals surface area contributed by atoms with Crippen LogP contribution in [0.2, 0.25) is 0 Å². The molecule has 1 heterocycles. The maximum atomic E-state index is 13.0. The summed E-state index contributed by atoms with van der Waals surface area (Å²) < 4.78 is 0.979. The highest BCUT2D eigenvalue weighted by atomic mass is 32.1. The molecule has 0 saturated heterocycles. The van der Waals surface area contributed by atoms with Crippen molar-refractivity contribution in [1.82, 2.24) is 10.0 Å². The van der Waals surface area contributed by atoms with Gasteiger partial charge in [0.15, 0.2) is 5.56 Å². The lowest BCUT2D eigenvalue weighted by Crippen LogP contribution is -2.49. The highest BCUT2D eigenvalue weighted by Gasteiger charge is 2.31. The number of hydrogen-bond donors (Lipinski definition) is 3. The van der Waals surface area contributed by atoms with Crippen LogP contribution in [0.15, 0.2) is 59.4 Å². The van der Waals surface area contributed by atoms with Crippen LogP contribution in [0.25, 0.3) is 10.9 Å². The predicted molar refractivity (Wildman–Crippen MR) is 112 cm³/mol. The van der Waals surface area contributed by atoms with Crippen LogP contribution >= 0.6 is 12.6 Å². The fourth-order valence-electron chi connectivity index (χ4n) is 2.74. The zero-order chi connectivity index (χ0) is 21.2. The van der Waals surface area contributed by atoms with E-state index in [0.29, 0.717) is 5.52 Å². The molecule has 0 atom stereocenters. The molecule has 2 aromatic carbocycles. The number of carbonyl (C=O) groups is 2. The quantitative estimate of drug-likeness (QED) is 0.540. The summed E-state index contributed by atoms with van der Waals surface area (Å²) in [6, 6.07) is 15.7. The summed E-state index contributed by atoms with van der Waals surface area (Å²) in [4.78, 5) is 43.1. The van der Waals surface area contributed by atoms with Crippen molar-refractivity contribution in [3.8, 4) is 5.75 Å². The number of rotatable bonds is 6. The smallest absolute Gasteiger partial charge is 0.300 e. The molecule has 0 aliphatic heterocycles. The van der Waals surface area contributed by atoms with E-state index in [1.807, 2.05) is 30.3 Å². The van der Waals surface area contributed by atoms with E-state index in [4.69, 9.17) is 4.84 Å². The van der Waals surface area contributed by atoms with Gasteiger partial charge in [-0.2, -0.15) is 0 Å². The molecule has 7 nitrogen and oxygen atoms in total. The van der Waals surface area contributed by atoms with Gasteiger partial charge in [-0.15, -0.1) is 17.4 Å². The minimum Gasteiger partial charge on any atom is -0.506 e. The molecule has 29 heavy (non-hydrogen) atoms. The van der Waals surface area contributed by atoms with Gasteiger partial charge in [-0.05, 0) is 31.5 Å². The molecular formula is C21H20N2O5S. The highest BCUT2D eigenvalue weighted by Crippen LogP contribution is 2.26. The maximum absolute atomic E-state index is 13.0. The number of benzene rings is 2. The molecule has 0 aliphatic rings. The second kappa shape index (κ2) is 8.00. The van der Waals surface area contributed by atoms with E-state index in [0.717, 1.165) is 10.3 Å². The number of nitrogens with one attached hydrogen (secondary N) is 1. The number of amides is 1. The summed E-state index contributed by atoms with van der Waals surface area (Å²) in [6.07, 6.45) is 0. The average molecular weight is 412 g/mol. The van der Waals surface area contributed by atoms with Crippen LogP contribution in [0.4, 0.5) is 0 Å². The summed E-state index contributed by atoms with van der Waals surface area (Å²) in [5, 5.41) is 12.7. The number of hydrogen-bond acceptors (Lipinski definition) is 5. The summed E-state index contributed by atoms with van der Waals surface area (Å²) in [6.45, 7) is 2.97. The van der Waals surface area contributed by atoms with Crippen molar-refractivity contribution in [2.24, 2.45) is 0 Å². The van der Waals surface area contributed by atoms with E-state index < -0.39 is 33.4 Å². The molecule has 0 fully saturated rings. The van der Waals surface area contributed by atoms with Crippen molar-refractivity contribution in [2.75, 3.05) is 0 Å². The monoisotopic (exact) mass is 412 g/mol. The highest BCUT2D eigenvalue weighted by molar-refractivity contribution is 7.96. The number of fused-ring (bicyclic) bond motifs is 1. The molecule has 0 saturated carbocycles. The molecule has 0 radical (unpaired) electrons. The number of nitrogens with zero attached hydrogens (tertiary/aromatic N) is 1. The van der Waals surface area contributed by atoms with Crippen LogP contribution in [0.1, 0.15) is 29.8 Å². The first-order chi connectivity index (χ1) is 13.7. The van der Waals surface area contributed by atoms with Crippen LogP contribution in [-0.2, 0) is 11.4 Å². The first-order valence-corrected chi connectivity index (χ1v) is 9.27. The minimum atomic E-state index is -1.33. The molecule has 1 amide bonds. The maximum Gasteiger partial charge on any atom is 0.300 e. The van der Waals surface area contributed by atoms with Gasteiger partial charge in [0.25, 0.3) is 11.5 Å². The van der Waals surface area contributed by atoms with Gasteiger partial charge in [-0.25, -0.2) is 0 Å². The second-order valence-corrected chi connectivity index (χ2v) is 7.39. The number of aromatic hydroxyl groups is 1. The van der Waals surface area contributed by atoms with Crippen molar-refractivity contribution in [1.29, 1.82) is 0 Å². The topological polar surface area (TPSA) is 97.6 Å². The van der Waals surface area contributed by atoms with Crippen molar-refractivity contribution in [3.05, 3.63) is 76.1 Å². The van der Waals surface area contributed by atoms with Crippen LogP contribution in [0, 0.1) is 0 Å². The third-order valence-electron chi connectivity index (χ3n) is 4.40. The molecule has 8 heteroatoms. The van der Waals surface area contributed by atoms with Gasteiger partial charge in [0.05, 0.1) is 5.52 Å². The molecule has 150 valence electrons. The van der Waals surface area contributed by atoms with Gasteiger partial charge < -0.3 is 15.3 Å². The number of para-hydroxylation sites is 1. The standard InChI is InChI=1S/C21H20N2O5S/c1-21(2,20(27)29)22-18(25)16-17(24)14-10-6-7-11-15(14)23(19(16)26)28-12-13-8-4-3-5-9-13/h3-11,24H,12H2,1-2H3,(H,22,25)(H,27,29). The Hall–Kier alpha value is -3.26. The molecule has 0 bridgehead atoms. The molecule has 3 rings (SSSR count). The summed E-state index contributed by atoms with van der Waals surface area (Å²) >= 11 is 3.75. The van der Waals surface area contributed by atoms with Gasteiger partial charge in [0, 0.05) is 5.39 Å². The van der Waals surface area contributed by atoms with Crippen LogP contribution in [0.5, 0.6) is 5.75 Å². The normalized spacial score (nSPS) is 11.3. The van der Waals surface area contributed by atoms with E-state index in [2.05, 4.69) is 17.9 Å². The van der Waals surface area contributed by atoms with Crippen molar-refractivity contribution in [2.45, 2.75) is 26.0 Å². The van der Waals surface area contributed by atoms with Crippen LogP contribution < -0.4 is 15.7 Å². The van der Waals surface area contributed by atoms with Crippen molar-refractivity contribution in [3.63, 3.8) is 0 Å². The van der Waals surface area contributed by atoms with E-state index >= 15 is 0 Å². The van der Waals surface area contributed by atoms with E-state index in [9.17, 15) is 19.5 Å². The van der Waals surface area contributed by atoms with E-state index in [-0.39, 0.29) is 12.0 Å². The lowest BCUT2D eigenvalue weighted by molar-refractivity contribution is -0.115. The zero-order valence-corrected chi connectivity index (χ0v) is 16.8. The summed E-state index contributed by atoms with van der Waals surface area (Å²) in [7, 11) is 0. The molecule has 0 aliphatic carbocycles. The Balaban J connectivity index is 2.10. The summed E-state index contributed by atoms with van der Waals surface area (Å²) in [5.41, 5.74) is -1.55. The lowest BCUT2D eigenvalue weighted by Gasteiger charge is -2.23. The Kier molecular flexibility index (Phi) is 5.65. The number of aromatic nitrogens is 1. The van der Waals surface area contributed by atoms with E-state index in [1.165, 1.54) is 13.8 Å². The third-order valence-corrected chi connectivity index (χ3v) is 4.96. The number of thiol groups is 1. The molecular weight excluding hydrogens is 392 g/mol. The van der Waals surface area contributed by atoms with Gasteiger partial charge in [0.1, 0.15) is 17.9 Å². The number of carbonyl (C=O) groups excluding carboxylic acids is 2. The third kappa shape index (κ3) is 4.12. The summed E-state index contributed by atoms with van der Waals surface area (Å²) in [5.74, 6) is -1.38. The largest absolute Gasteiger partial charge is 0.506 e. The predicted octanol–water partition coefficient (Wildman–Crippen LogP) is 2.30. The van der Waals surface area contributed by atoms with Crippen LogP contribution in [0.3, 0.4) is 0 Å². The Morgan fingerprint density at radius 2 is 1.72 bits per heavy atom. The Morgan fingerprint density at radius 1 is 1.10 bits per heavy atom. The first-order valence-electron chi connectivity index (χ1n) is 8.82. The second-order valence-electron chi connectivity index (χ2n) is 6.98. The zero-order valence-electron chi connectivity index (χ0n) is 15.9.